The van der Waals surface area contributed by atoms with Crippen molar-refractivity contribution in [2.45, 2.75) is 33.6 Å². The van der Waals surface area contributed by atoms with Crippen molar-refractivity contribution >= 4 is 39.1 Å². The zero-order valence-corrected chi connectivity index (χ0v) is 21.0. The van der Waals surface area contributed by atoms with E-state index in [-0.39, 0.29) is 22.5 Å². The lowest BCUT2D eigenvalue weighted by molar-refractivity contribution is 0.102. The normalized spacial score (nSPS) is 12.8. The Kier molecular flexibility index (Phi) is 8.29. The number of phenolic OH excluding ortho intramolecular Hbond substituents is 1. The molecule has 2 aromatic heterocycles. The van der Waals surface area contributed by atoms with Gasteiger partial charge in [-0.05, 0) is 31.5 Å². The van der Waals surface area contributed by atoms with Crippen LogP contribution in [0.5, 0.6) is 5.75 Å². The molecule has 1 aliphatic rings. The van der Waals surface area contributed by atoms with Crippen LogP contribution in [0.25, 0.3) is 21.8 Å². The number of amides is 1. The van der Waals surface area contributed by atoms with Gasteiger partial charge in [-0.1, -0.05) is 20.8 Å². The third-order valence-corrected chi connectivity index (χ3v) is 5.48. The number of nitrogens with zero attached hydrogens (tertiary/aromatic N) is 5. The van der Waals surface area contributed by atoms with Crippen LogP contribution >= 0.6 is 0 Å². The summed E-state index contributed by atoms with van der Waals surface area (Å²) in [6.45, 7) is 8.46. The zero-order valence-electron chi connectivity index (χ0n) is 21.0. The second-order valence-electron chi connectivity index (χ2n) is 8.11. The van der Waals surface area contributed by atoms with Crippen molar-refractivity contribution in [1.82, 2.24) is 19.6 Å². The Morgan fingerprint density at radius 2 is 1.69 bits per heavy atom. The first-order chi connectivity index (χ1) is 16.8. The summed E-state index contributed by atoms with van der Waals surface area (Å²) in [5, 5.41) is 23.3. The van der Waals surface area contributed by atoms with Gasteiger partial charge >= 0.3 is 0 Å². The van der Waals surface area contributed by atoms with Gasteiger partial charge in [-0.25, -0.2) is 4.39 Å². The molecule has 9 nitrogen and oxygen atoms in total. The number of nitrogens with two attached hydrogens (primary N) is 1. The molecule has 4 aromatic rings. The number of anilines is 2. The molecular weight excluding hydrogens is 449 g/mol. The van der Waals surface area contributed by atoms with Crippen LogP contribution in [0, 0.1) is 5.82 Å². The van der Waals surface area contributed by atoms with Gasteiger partial charge in [0.15, 0.2) is 5.82 Å². The molecule has 0 saturated carbocycles. The minimum absolute atomic E-state index is 0.0697. The minimum atomic E-state index is -0.549. The molecule has 0 spiro atoms. The molecule has 0 bridgehead atoms. The predicted octanol–water partition coefficient (Wildman–Crippen LogP) is 4.15. The number of rotatable bonds is 3. The summed E-state index contributed by atoms with van der Waals surface area (Å²) in [5.41, 5.74) is 6.72. The van der Waals surface area contributed by atoms with Crippen LogP contribution in [-0.2, 0) is 14.1 Å². The number of halogens is 1. The summed E-state index contributed by atoms with van der Waals surface area (Å²) in [5.74, 6) is -1.23. The van der Waals surface area contributed by atoms with Crippen LogP contribution in [-0.4, -0.2) is 50.2 Å². The Labute approximate surface area is 204 Å². The van der Waals surface area contributed by atoms with Gasteiger partial charge in [0, 0.05) is 62.1 Å². The van der Waals surface area contributed by atoms with Crippen LogP contribution in [0.2, 0.25) is 0 Å². The maximum Gasteiger partial charge on any atom is 0.261 e. The number of benzene rings is 2. The number of nitrogens with one attached hydrogen (secondary N) is 1. The van der Waals surface area contributed by atoms with Gasteiger partial charge in [0.05, 0.1) is 5.69 Å². The van der Waals surface area contributed by atoms with Crippen molar-refractivity contribution in [2.75, 3.05) is 29.9 Å². The summed E-state index contributed by atoms with van der Waals surface area (Å²) in [6, 6.07) is 4.49. The topological polar surface area (TPSA) is 114 Å². The molecule has 0 unspecified atom stereocenters. The number of phenols is 1. The summed E-state index contributed by atoms with van der Waals surface area (Å²) in [7, 11) is 3.48. The average molecular weight is 484 g/mol. The van der Waals surface area contributed by atoms with E-state index in [1.807, 2.05) is 27.0 Å². The number of aryl methyl sites for hydroxylation is 2. The maximum atomic E-state index is 14.4. The highest BCUT2D eigenvalue weighted by molar-refractivity contribution is 6.16. The first-order valence-electron chi connectivity index (χ1n) is 11.9. The summed E-state index contributed by atoms with van der Waals surface area (Å²) in [4.78, 5) is 15.3. The highest BCUT2D eigenvalue weighted by Gasteiger charge is 2.25. The molecule has 1 saturated heterocycles. The zero-order chi connectivity index (χ0) is 25.7. The molecule has 188 valence electrons. The molecule has 5 rings (SSSR count). The molecule has 10 heteroatoms. The smallest absolute Gasteiger partial charge is 0.261 e. The molecule has 4 N–H and O–H groups in total. The molecule has 0 atom stereocenters. The number of aromatic nitrogens is 4. The highest BCUT2D eigenvalue weighted by Crippen LogP contribution is 2.37. The molecule has 3 heterocycles. The fourth-order valence-corrected chi connectivity index (χ4v) is 4.18. The van der Waals surface area contributed by atoms with Crippen molar-refractivity contribution in [3.8, 4) is 5.75 Å². The van der Waals surface area contributed by atoms with Gasteiger partial charge in [-0.3, -0.25) is 14.2 Å². The standard InChI is InChI=1S/C21H21FN6O2.C2H7N.C2H6/c1-26-10-12-7-13(8-15(22)19(12)24-26)23-21(30)18-17(29)9-16(28-5-3-4-6-28)14-11-27(2)25-20(14)18;1-2-3;1-2/h7-11,29H,3-6H2,1-2H3,(H,23,30);2-3H2,1H3;1-2H3. The van der Waals surface area contributed by atoms with Crippen molar-refractivity contribution in [1.29, 1.82) is 0 Å². The van der Waals surface area contributed by atoms with E-state index in [1.54, 1.807) is 37.1 Å². The Morgan fingerprint density at radius 1 is 1.09 bits per heavy atom. The second kappa shape index (κ2) is 11.2. The van der Waals surface area contributed by atoms with Gasteiger partial charge in [-0.15, -0.1) is 0 Å². The Bertz CT molecular complexity index is 1320. The highest BCUT2D eigenvalue weighted by atomic mass is 19.1. The fraction of sp³-hybridized carbons (Fsp3) is 0.400. The van der Waals surface area contributed by atoms with E-state index < -0.39 is 11.7 Å². The lowest BCUT2D eigenvalue weighted by Crippen LogP contribution is -2.19. The molecular formula is C25H34FN7O2. The average Bonchev–Trinajstić information content (AvgIpc) is 3.54. The third kappa shape index (κ3) is 5.37. The maximum absolute atomic E-state index is 14.4. The molecule has 1 fully saturated rings. The van der Waals surface area contributed by atoms with E-state index in [2.05, 4.69) is 20.4 Å². The van der Waals surface area contributed by atoms with E-state index in [1.165, 1.54) is 10.7 Å². The number of carbonyl (C=O) groups excluding carboxylic acids is 1. The summed E-state index contributed by atoms with van der Waals surface area (Å²) in [6.07, 6.45) is 5.70. The van der Waals surface area contributed by atoms with Crippen LogP contribution in [0.4, 0.5) is 15.8 Å². The molecule has 1 aliphatic heterocycles. The van der Waals surface area contributed by atoms with Crippen molar-refractivity contribution in [3.63, 3.8) is 0 Å². The Morgan fingerprint density at radius 3 is 2.34 bits per heavy atom. The number of aromatic hydroxyl groups is 1. The van der Waals surface area contributed by atoms with Crippen molar-refractivity contribution in [3.05, 3.63) is 42.0 Å². The fourth-order valence-electron chi connectivity index (χ4n) is 4.18. The van der Waals surface area contributed by atoms with E-state index in [0.29, 0.717) is 10.9 Å². The molecule has 1 amide bonds. The van der Waals surface area contributed by atoms with Crippen LogP contribution < -0.4 is 16.0 Å². The molecule has 35 heavy (non-hydrogen) atoms. The Hall–Kier alpha value is -3.66. The van der Waals surface area contributed by atoms with E-state index >= 15 is 0 Å². The lowest BCUT2D eigenvalue weighted by atomic mass is 10.1. The number of hydrogen-bond acceptors (Lipinski definition) is 6. The quantitative estimate of drug-likeness (QED) is 0.403. The summed E-state index contributed by atoms with van der Waals surface area (Å²) < 4.78 is 17.5. The lowest BCUT2D eigenvalue weighted by Gasteiger charge is -2.20. The monoisotopic (exact) mass is 483 g/mol. The van der Waals surface area contributed by atoms with Gasteiger partial charge in [0.25, 0.3) is 5.91 Å². The SMILES string of the molecule is CC.CCN.Cn1cc2cc(NC(=O)c3c(O)cc(N4CCCC4)c4cn(C)nc34)cc(F)c2n1. The number of hydrogen-bond donors (Lipinski definition) is 3. The minimum Gasteiger partial charge on any atom is -0.507 e. The van der Waals surface area contributed by atoms with Gasteiger partial charge < -0.3 is 21.1 Å². The first-order valence-corrected chi connectivity index (χ1v) is 11.9. The first kappa shape index (κ1) is 26.0. The van der Waals surface area contributed by atoms with Crippen LogP contribution in [0.15, 0.2) is 30.6 Å². The van der Waals surface area contributed by atoms with E-state index in [0.717, 1.165) is 43.5 Å². The van der Waals surface area contributed by atoms with Crippen LogP contribution in [0.1, 0.15) is 44.0 Å². The van der Waals surface area contributed by atoms with E-state index in [4.69, 9.17) is 5.73 Å². The molecule has 0 aliphatic carbocycles. The Balaban J connectivity index is 0.000000638. The van der Waals surface area contributed by atoms with Gasteiger partial charge in [-0.2, -0.15) is 10.2 Å². The van der Waals surface area contributed by atoms with E-state index in [9.17, 15) is 14.3 Å². The molecule has 2 aromatic carbocycles. The predicted molar refractivity (Wildman–Crippen MR) is 139 cm³/mol. The summed E-state index contributed by atoms with van der Waals surface area (Å²) >= 11 is 0. The second-order valence-corrected chi connectivity index (χ2v) is 8.11. The third-order valence-electron chi connectivity index (χ3n) is 5.48. The number of carbonyl (C=O) groups is 1. The van der Waals surface area contributed by atoms with Gasteiger partial charge in [0.1, 0.15) is 22.3 Å². The van der Waals surface area contributed by atoms with Crippen LogP contribution in [0.3, 0.4) is 0 Å². The number of fused-ring (bicyclic) bond motifs is 2. The molecule has 0 radical (unpaired) electrons. The largest absolute Gasteiger partial charge is 0.507 e. The van der Waals surface area contributed by atoms with Crippen molar-refractivity contribution < 1.29 is 14.3 Å². The van der Waals surface area contributed by atoms with Gasteiger partial charge in [0.2, 0.25) is 0 Å². The van der Waals surface area contributed by atoms with Crippen molar-refractivity contribution in [2.24, 2.45) is 19.8 Å².